The third kappa shape index (κ3) is 3.71. The minimum atomic E-state index is 0.0500. The monoisotopic (exact) mass is 300 g/mol. The zero-order valence-corrected chi connectivity index (χ0v) is 12.9. The Bertz CT molecular complexity index is 595. The second kappa shape index (κ2) is 6.87. The summed E-state index contributed by atoms with van der Waals surface area (Å²) in [6, 6.07) is 12.5. The van der Waals surface area contributed by atoms with Gasteiger partial charge in [-0.05, 0) is 35.4 Å². The van der Waals surface area contributed by atoms with E-state index < -0.39 is 0 Å². The molecule has 0 radical (unpaired) electrons. The first-order valence-electron chi connectivity index (χ1n) is 7.44. The summed E-state index contributed by atoms with van der Waals surface area (Å²) < 4.78 is 0. The molecule has 1 N–H and O–H groups in total. The Morgan fingerprint density at radius 2 is 2.05 bits per heavy atom. The Hall–Kier alpha value is -1.65. The van der Waals surface area contributed by atoms with E-state index >= 15 is 0 Å². The predicted octanol–water partition coefficient (Wildman–Crippen LogP) is 2.93. The first-order chi connectivity index (χ1) is 10.3. The van der Waals surface area contributed by atoms with Gasteiger partial charge in [-0.25, -0.2) is 0 Å². The van der Waals surface area contributed by atoms with Crippen molar-refractivity contribution in [1.29, 1.82) is 0 Å². The van der Waals surface area contributed by atoms with Crippen molar-refractivity contribution >= 4 is 17.2 Å². The lowest BCUT2D eigenvalue weighted by molar-refractivity contribution is 0.0955. The molecule has 1 aliphatic heterocycles. The fraction of sp³-hybridized carbons (Fsp3) is 0.353. The van der Waals surface area contributed by atoms with Crippen LogP contribution in [0.2, 0.25) is 0 Å². The van der Waals surface area contributed by atoms with Crippen LogP contribution in [0.5, 0.6) is 0 Å². The van der Waals surface area contributed by atoms with Crippen LogP contribution in [0.15, 0.2) is 41.8 Å². The van der Waals surface area contributed by atoms with Gasteiger partial charge in [0.1, 0.15) is 0 Å². The maximum absolute atomic E-state index is 11.8. The second-order valence-electron chi connectivity index (χ2n) is 5.38. The Labute approximate surface area is 129 Å². The molecule has 4 heteroatoms. The average molecular weight is 300 g/mol. The molecule has 0 aliphatic carbocycles. The molecule has 21 heavy (non-hydrogen) atoms. The van der Waals surface area contributed by atoms with Crippen molar-refractivity contribution in [2.45, 2.75) is 19.4 Å². The van der Waals surface area contributed by atoms with Gasteiger partial charge in [0.2, 0.25) is 0 Å². The third-order valence-corrected chi connectivity index (χ3v) is 4.76. The standard InChI is InChI=1S/C17H20N2OS/c20-17(16-7-3-12-21-16)18-9-4-10-19-11-8-14-5-1-2-6-15(14)13-19/h1-3,5-7,12H,4,8-11,13H2,(H,18,20). The van der Waals surface area contributed by atoms with Crippen molar-refractivity contribution < 1.29 is 4.79 Å². The molecule has 1 aromatic carbocycles. The molecular formula is C17H20N2OS. The highest BCUT2D eigenvalue weighted by Gasteiger charge is 2.15. The molecular weight excluding hydrogens is 280 g/mol. The van der Waals surface area contributed by atoms with Crippen LogP contribution in [0.1, 0.15) is 27.2 Å². The van der Waals surface area contributed by atoms with Crippen LogP contribution in [0.4, 0.5) is 0 Å². The van der Waals surface area contributed by atoms with Gasteiger partial charge in [-0.1, -0.05) is 30.3 Å². The number of nitrogens with one attached hydrogen (secondary N) is 1. The van der Waals surface area contributed by atoms with Crippen molar-refractivity contribution in [3.8, 4) is 0 Å². The molecule has 0 atom stereocenters. The van der Waals surface area contributed by atoms with Gasteiger partial charge in [0.15, 0.2) is 0 Å². The van der Waals surface area contributed by atoms with E-state index in [-0.39, 0.29) is 5.91 Å². The van der Waals surface area contributed by atoms with Crippen LogP contribution >= 0.6 is 11.3 Å². The summed E-state index contributed by atoms with van der Waals surface area (Å²) in [5.41, 5.74) is 2.94. The molecule has 3 rings (SSSR count). The number of carbonyl (C=O) groups is 1. The van der Waals surface area contributed by atoms with Gasteiger partial charge >= 0.3 is 0 Å². The Kier molecular flexibility index (Phi) is 4.68. The fourth-order valence-corrected chi connectivity index (χ4v) is 3.38. The number of fused-ring (bicyclic) bond motifs is 1. The highest BCUT2D eigenvalue weighted by atomic mass is 32.1. The van der Waals surface area contributed by atoms with Gasteiger partial charge in [-0.15, -0.1) is 11.3 Å². The van der Waals surface area contributed by atoms with Crippen molar-refractivity contribution in [2.75, 3.05) is 19.6 Å². The average Bonchev–Trinajstić information content (AvgIpc) is 3.06. The second-order valence-corrected chi connectivity index (χ2v) is 6.33. The van der Waals surface area contributed by atoms with Gasteiger partial charge < -0.3 is 5.32 Å². The smallest absolute Gasteiger partial charge is 0.261 e. The molecule has 2 heterocycles. The number of benzene rings is 1. The van der Waals surface area contributed by atoms with E-state index in [1.54, 1.807) is 0 Å². The highest BCUT2D eigenvalue weighted by molar-refractivity contribution is 7.12. The minimum Gasteiger partial charge on any atom is -0.351 e. The lowest BCUT2D eigenvalue weighted by Gasteiger charge is -2.28. The number of thiophene rings is 1. The number of amides is 1. The maximum atomic E-state index is 11.8. The predicted molar refractivity (Wildman–Crippen MR) is 86.7 cm³/mol. The summed E-state index contributed by atoms with van der Waals surface area (Å²) in [5, 5.41) is 4.92. The van der Waals surface area contributed by atoms with E-state index in [2.05, 4.69) is 34.5 Å². The first-order valence-corrected chi connectivity index (χ1v) is 8.32. The zero-order chi connectivity index (χ0) is 14.5. The summed E-state index contributed by atoms with van der Waals surface area (Å²) >= 11 is 1.49. The van der Waals surface area contributed by atoms with Gasteiger partial charge in [0.25, 0.3) is 5.91 Å². The summed E-state index contributed by atoms with van der Waals surface area (Å²) in [5.74, 6) is 0.0500. The Balaban J connectivity index is 1.40. The minimum absolute atomic E-state index is 0.0500. The van der Waals surface area contributed by atoms with Crippen LogP contribution in [-0.2, 0) is 13.0 Å². The number of carbonyl (C=O) groups excluding carboxylic acids is 1. The lowest BCUT2D eigenvalue weighted by atomic mass is 10.00. The highest BCUT2D eigenvalue weighted by Crippen LogP contribution is 2.18. The number of nitrogens with zero attached hydrogens (tertiary/aromatic N) is 1. The number of hydrogen-bond acceptors (Lipinski definition) is 3. The van der Waals surface area contributed by atoms with Crippen LogP contribution in [-0.4, -0.2) is 30.4 Å². The summed E-state index contributed by atoms with van der Waals surface area (Å²) in [6.07, 6.45) is 2.14. The molecule has 0 unspecified atom stereocenters. The van der Waals surface area contributed by atoms with Crippen molar-refractivity contribution in [3.63, 3.8) is 0 Å². The zero-order valence-electron chi connectivity index (χ0n) is 12.0. The molecule has 0 saturated carbocycles. The van der Waals surface area contributed by atoms with Gasteiger partial charge in [0.05, 0.1) is 4.88 Å². The van der Waals surface area contributed by atoms with Crippen LogP contribution < -0.4 is 5.32 Å². The van der Waals surface area contributed by atoms with E-state index in [9.17, 15) is 4.79 Å². The molecule has 1 aliphatic rings. The number of hydrogen-bond donors (Lipinski definition) is 1. The molecule has 0 spiro atoms. The quantitative estimate of drug-likeness (QED) is 0.861. The third-order valence-electron chi connectivity index (χ3n) is 3.89. The molecule has 2 aromatic rings. The normalized spacial score (nSPS) is 14.7. The van der Waals surface area contributed by atoms with E-state index in [1.807, 2.05) is 17.5 Å². The summed E-state index contributed by atoms with van der Waals surface area (Å²) in [7, 11) is 0. The molecule has 3 nitrogen and oxygen atoms in total. The van der Waals surface area contributed by atoms with Gasteiger partial charge in [-0.3, -0.25) is 9.69 Å². The largest absolute Gasteiger partial charge is 0.351 e. The molecule has 1 amide bonds. The number of rotatable bonds is 5. The summed E-state index contributed by atoms with van der Waals surface area (Å²) in [6.45, 7) is 3.94. The van der Waals surface area contributed by atoms with Gasteiger partial charge in [0, 0.05) is 26.2 Å². The SMILES string of the molecule is O=C(NCCCN1CCc2ccccc2C1)c1cccs1. The van der Waals surface area contributed by atoms with E-state index in [0.29, 0.717) is 0 Å². The maximum Gasteiger partial charge on any atom is 0.261 e. The van der Waals surface area contributed by atoms with E-state index in [0.717, 1.165) is 43.9 Å². The van der Waals surface area contributed by atoms with Crippen molar-refractivity contribution in [2.24, 2.45) is 0 Å². The summed E-state index contributed by atoms with van der Waals surface area (Å²) in [4.78, 5) is 15.1. The Morgan fingerprint density at radius 1 is 1.19 bits per heavy atom. The van der Waals surface area contributed by atoms with Crippen LogP contribution in [0.3, 0.4) is 0 Å². The van der Waals surface area contributed by atoms with Crippen LogP contribution in [0.25, 0.3) is 0 Å². The molecule has 0 bridgehead atoms. The van der Waals surface area contributed by atoms with Gasteiger partial charge in [-0.2, -0.15) is 0 Å². The molecule has 0 fully saturated rings. The fourth-order valence-electron chi connectivity index (χ4n) is 2.74. The molecule has 1 aromatic heterocycles. The topological polar surface area (TPSA) is 32.3 Å². The van der Waals surface area contributed by atoms with Crippen molar-refractivity contribution in [3.05, 3.63) is 57.8 Å². The Morgan fingerprint density at radius 3 is 2.86 bits per heavy atom. The van der Waals surface area contributed by atoms with E-state index in [1.165, 1.54) is 22.5 Å². The molecule has 0 saturated heterocycles. The van der Waals surface area contributed by atoms with Crippen molar-refractivity contribution in [1.82, 2.24) is 10.2 Å². The van der Waals surface area contributed by atoms with E-state index in [4.69, 9.17) is 0 Å². The lowest BCUT2D eigenvalue weighted by Crippen LogP contribution is -2.33. The van der Waals surface area contributed by atoms with Crippen LogP contribution in [0, 0.1) is 0 Å². The first kappa shape index (κ1) is 14.3. The molecule has 110 valence electrons.